The zero-order valence-electron chi connectivity index (χ0n) is 9.79. The molecule has 3 rings (SSSR count). The van der Waals surface area contributed by atoms with Crippen LogP contribution in [0.3, 0.4) is 0 Å². The summed E-state index contributed by atoms with van der Waals surface area (Å²) >= 11 is 7.33. The van der Waals surface area contributed by atoms with Crippen molar-refractivity contribution in [3.05, 3.63) is 29.0 Å². The monoisotopic (exact) mass is 293 g/mol. The molecule has 0 atom stereocenters. The van der Waals surface area contributed by atoms with Crippen molar-refractivity contribution in [1.29, 1.82) is 0 Å². The summed E-state index contributed by atoms with van der Waals surface area (Å²) in [5.74, 6) is 0.704. The second-order valence-corrected chi connectivity index (χ2v) is 5.16. The summed E-state index contributed by atoms with van der Waals surface area (Å²) in [6.45, 7) is 1.83. The van der Waals surface area contributed by atoms with Crippen molar-refractivity contribution in [2.24, 2.45) is 0 Å². The topological polar surface area (TPSA) is 90.7 Å². The first-order valence-electron chi connectivity index (χ1n) is 5.33. The van der Waals surface area contributed by atoms with E-state index in [-0.39, 0.29) is 0 Å². The number of hydrogen-bond acceptors (Lipinski definition) is 7. The van der Waals surface area contributed by atoms with Gasteiger partial charge in [0.2, 0.25) is 5.82 Å². The highest BCUT2D eigenvalue weighted by molar-refractivity contribution is 7.18. The van der Waals surface area contributed by atoms with E-state index in [4.69, 9.17) is 21.9 Å². The molecule has 0 saturated carbocycles. The Labute approximate surface area is 117 Å². The summed E-state index contributed by atoms with van der Waals surface area (Å²) in [4.78, 5) is 13.3. The van der Waals surface area contributed by atoms with Crippen LogP contribution in [0.5, 0.6) is 0 Å². The zero-order chi connectivity index (χ0) is 13.4. The zero-order valence-corrected chi connectivity index (χ0v) is 11.4. The predicted molar refractivity (Wildman–Crippen MR) is 72.8 cm³/mol. The molecule has 19 heavy (non-hydrogen) atoms. The number of hydrogen-bond donors (Lipinski definition) is 1. The molecule has 0 aliphatic heterocycles. The number of nitrogen functional groups attached to an aromatic ring is 1. The van der Waals surface area contributed by atoms with Gasteiger partial charge in [0.1, 0.15) is 10.6 Å². The number of aromatic nitrogens is 4. The van der Waals surface area contributed by atoms with Gasteiger partial charge in [0.15, 0.2) is 5.13 Å². The molecule has 8 heteroatoms. The van der Waals surface area contributed by atoms with Crippen molar-refractivity contribution in [3.8, 4) is 22.3 Å². The second-order valence-electron chi connectivity index (χ2n) is 3.72. The van der Waals surface area contributed by atoms with Gasteiger partial charge in [-0.1, -0.05) is 28.1 Å². The van der Waals surface area contributed by atoms with E-state index in [9.17, 15) is 0 Å². The van der Waals surface area contributed by atoms with Gasteiger partial charge in [0.05, 0.1) is 10.7 Å². The predicted octanol–water partition coefficient (Wildman–Crippen LogP) is 2.80. The van der Waals surface area contributed by atoms with E-state index < -0.39 is 0 Å². The summed E-state index contributed by atoms with van der Waals surface area (Å²) < 4.78 is 5.21. The Morgan fingerprint density at radius 1 is 1.37 bits per heavy atom. The smallest absolute Gasteiger partial charge is 0.270 e. The molecule has 0 radical (unpaired) electrons. The molecule has 0 spiro atoms. The van der Waals surface area contributed by atoms with Crippen LogP contribution >= 0.6 is 22.9 Å². The molecule has 0 amide bonds. The summed E-state index contributed by atoms with van der Waals surface area (Å²) in [5.41, 5.74) is 6.88. The van der Waals surface area contributed by atoms with Gasteiger partial charge in [0.25, 0.3) is 5.89 Å². The molecule has 0 saturated heterocycles. The van der Waals surface area contributed by atoms with Gasteiger partial charge in [-0.2, -0.15) is 4.98 Å². The molecule has 3 aromatic heterocycles. The van der Waals surface area contributed by atoms with Crippen LogP contribution in [0.4, 0.5) is 5.13 Å². The second kappa shape index (κ2) is 4.60. The number of nitrogens with two attached hydrogens (primary N) is 1. The molecule has 96 valence electrons. The lowest BCUT2D eigenvalue weighted by molar-refractivity contribution is 0.432. The molecule has 0 bridgehead atoms. The minimum absolute atomic E-state index is 0.340. The molecule has 0 fully saturated rings. The van der Waals surface area contributed by atoms with Crippen molar-refractivity contribution in [2.45, 2.75) is 6.92 Å². The molecular weight excluding hydrogens is 286 g/mol. The Balaban J connectivity index is 2.05. The molecular formula is C11H8ClN5OS. The number of anilines is 1. The van der Waals surface area contributed by atoms with Gasteiger partial charge in [-0.15, -0.1) is 0 Å². The highest BCUT2D eigenvalue weighted by Crippen LogP contribution is 2.32. The van der Waals surface area contributed by atoms with E-state index in [2.05, 4.69) is 20.1 Å². The lowest BCUT2D eigenvalue weighted by Gasteiger charge is -1.94. The van der Waals surface area contributed by atoms with Crippen molar-refractivity contribution in [3.63, 3.8) is 0 Å². The molecule has 3 aromatic rings. The van der Waals surface area contributed by atoms with Crippen molar-refractivity contribution >= 4 is 28.1 Å². The summed E-state index contributed by atoms with van der Waals surface area (Å²) in [6.07, 6.45) is 1.62. The van der Waals surface area contributed by atoms with Crippen LogP contribution in [-0.2, 0) is 0 Å². The van der Waals surface area contributed by atoms with Crippen LogP contribution in [0.25, 0.3) is 22.3 Å². The van der Waals surface area contributed by atoms with Crippen LogP contribution in [0.2, 0.25) is 5.02 Å². The molecule has 0 aromatic carbocycles. The van der Waals surface area contributed by atoms with Crippen LogP contribution in [0.15, 0.2) is 22.9 Å². The Bertz CT molecular complexity index is 738. The normalized spacial score (nSPS) is 10.8. The summed E-state index contributed by atoms with van der Waals surface area (Å²) in [5, 5.41) is 4.81. The SMILES string of the molecule is Cc1nc(N)sc1-c1nc(-c2ncccc2Cl)no1. The highest BCUT2D eigenvalue weighted by atomic mass is 35.5. The first kappa shape index (κ1) is 12.1. The molecule has 0 unspecified atom stereocenters. The van der Waals surface area contributed by atoms with Crippen LogP contribution < -0.4 is 5.73 Å². The van der Waals surface area contributed by atoms with Gasteiger partial charge in [-0.3, -0.25) is 4.98 Å². The van der Waals surface area contributed by atoms with Crippen molar-refractivity contribution in [2.75, 3.05) is 5.73 Å². The number of rotatable bonds is 2. The lowest BCUT2D eigenvalue weighted by Crippen LogP contribution is -1.86. The van der Waals surface area contributed by atoms with Crippen molar-refractivity contribution < 1.29 is 4.52 Å². The van der Waals surface area contributed by atoms with E-state index >= 15 is 0 Å². The van der Waals surface area contributed by atoms with Gasteiger partial charge < -0.3 is 10.3 Å². The van der Waals surface area contributed by atoms with E-state index in [0.717, 1.165) is 10.6 Å². The standard InChI is InChI=1S/C11H8ClN5OS/c1-5-8(19-11(13)15-5)10-16-9(17-18-10)7-6(12)3-2-4-14-7/h2-4H,1H3,(H2,13,15). The number of thiazole rings is 1. The first-order valence-corrected chi connectivity index (χ1v) is 6.52. The third kappa shape index (κ3) is 2.18. The Morgan fingerprint density at radius 3 is 2.89 bits per heavy atom. The Morgan fingerprint density at radius 2 is 2.21 bits per heavy atom. The van der Waals surface area contributed by atoms with Crippen molar-refractivity contribution in [1.82, 2.24) is 20.1 Å². The summed E-state index contributed by atoms with van der Waals surface area (Å²) in [7, 11) is 0. The third-order valence-corrected chi connectivity index (χ3v) is 3.68. The van der Waals surface area contributed by atoms with E-state index in [0.29, 0.717) is 27.6 Å². The largest absolute Gasteiger partial charge is 0.375 e. The maximum atomic E-state index is 6.04. The van der Waals surface area contributed by atoms with Crippen LogP contribution in [-0.4, -0.2) is 20.1 Å². The molecule has 3 heterocycles. The highest BCUT2D eigenvalue weighted by Gasteiger charge is 2.18. The van der Waals surface area contributed by atoms with Crippen LogP contribution in [0.1, 0.15) is 5.69 Å². The number of halogens is 1. The fraction of sp³-hybridized carbons (Fsp3) is 0.0909. The molecule has 0 aliphatic rings. The first-order chi connectivity index (χ1) is 9.15. The van der Waals surface area contributed by atoms with E-state index in [1.165, 1.54) is 11.3 Å². The quantitative estimate of drug-likeness (QED) is 0.781. The lowest BCUT2D eigenvalue weighted by atomic mass is 10.3. The fourth-order valence-electron chi connectivity index (χ4n) is 1.58. The molecule has 6 nitrogen and oxygen atoms in total. The average Bonchev–Trinajstić information content (AvgIpc) is 2.96. The number of pyridine rings is 1. The number of aryl methyl sites for hydroxylation is 1. The molecule has 0 aliphatic carbocycles. The fourth-order valence-corrected chi connectivity index (χ4v) is 2.54. The number of nitrogens with zero attached hydrogens (tertiary/aromatic N) is 4. The molecule has 2 N–H and O–H groups in total. The van der Waals surface area contributed by atoms with Crippen LogP contribution in [0, 0.1) is 6.92 Å². The van der Waals surface area contributed by atoms with Gasteiger partial charge in [0, 0.05) is 6.20 Å². The third-order valence-electron chi connectivity index (χ3n) is 2.40. The van der Waals surface area contributed by atoms with Gasteiger partial charge in [-0.05, 0) is 19.1 Å². The minimum atomic E-state index is 0.340. The minimum Gasteiger partial charge on any atom is -0.375 e. The average molecular weight is 294 g/mol. The maximum absolute atomic E-state index is 6.04. The van der Waals surface area contributed by atoms with Gasteiger partial charge in [-0.25, -0.2) is 4.98 Å². The Kier molecular flexibility index (Phi) is 2.92. The van der Waals surface area contributed by atoms with E-state index in [1.54, 1.807) is 18.3 Å². The maximum Gasteiger partial charge on any atom is 0.270 e. The van der Waals surface area contributed by atoms with Gasteiger partial charge >= 0.3 is 0 Å². The summed E-state index contributed by atoms with van der Waals surface area (Å²) in [6, 6.07) is 3.46. The van der Waals surface area contributed by atoms with E-state index in [1.807, 2.05) is 6.92 Å². The Hall–Kier alpha value is -1.99.